The van der Waals surface area contributed by atoms with Crippen molar-refractivity contribution in [3.63, 3.8) is 0 Å². The lowest BCUT2D eigenvalue weighted by molar-refractivity contribution is -0.135. The lowest BCUT2D eigenvalue weighted by Gasteiger charge is -2.33. The minimum absolute atomic E-state index is 0.0957. The third-order valence-electron chi connectivity index (χ3n) is 3.70. The Kier molecular flexibility index (Phi) is 3.37. The molecule has 1 aromatic heterocycles. The van der Waals surface area contributed by atoms with E-state index in [-0.39, 0.29) is 17.7 Å². The normalized spacial score (nSPS) is 21.1. The molecule has 1 aliphatic rings. The van der Waals surface area contributed by atoms with Gasteiger partial charge in [0.25, 0.3) is 5.91 Å². The number of nitrogens with zero attached hydrogens (tertiary/aromatic N) is 3. The molecule has 1 fully saturated rings. The van der Waals surface area contributed by atoms with Crippen LogP contribution in [0, 0.1) is 5.92 Å². The number of amides is 1. The first kappa shape index (κ1) is 12.7. The van der Waals surface area contributed by atoms with Crippen LogP contribution in [-0.4, -0.2) is 20.7 Å². The zero-order chi connectivity index (χ0) is 13.9. The fraction of sp³-hybridized carbons (Fsp3) is 0.357. The first-order valence-corrected chi connectivity index (χ1v) is 6.61. The molecular formula is C14H16N4O2. The average molecular weight is 272 g/mol. The fourth-order valence-electron chi connectivity index (χ4n) is 2.42. The van der Waals surface area contributed by atoms with Crippen molar-refractivity contribution in [2.75, 3.05) is 0 Å². The summed E-state index contributed by atoms with van der Waals surface area (Å²) in [5.74, 6) is 1.41. The van der Waals surface area contributed by atoms with Gasteiger partial charge in [-0.1, -0.05) is 18.2 Å². The quantitative estimate of drug-likeness (QED) is 0.855. The van der Waals surface area contributed by atoms with Crippen molar-refractivity contribution in [3.05, 3.63) is 42.5 Å². The number of hydrogen-bond acceptors (Lipinski definition) is 4. The second-order valence-electron chi connectivity index (χ2n) is 4.97. The van der Waals surface area contributed by atoms with Crippen LogP contribution in [0.1, 0.15) is 24.6 Å². The van der Waals surface area contributed by atoms with Crippen LogP contribution in [-0.2, 0) is 11.8 Å². The number of nitrogens with one attached hydrogen (secondary N) is 1. The zero-order valence-electron chi connectivity index (χ0n) is 11.2. The van der Waals surface area contributed by atoms with Crippen LogP contribution in [0.4, 0.5) is 0 Å². The molecule has 0 aliphatic heterocycles. The molecule has 6 nitrogen and oxygen atoms in total. The van der Waals surface area contributed by atoms with Gasteiger partial charge in [-0.2, -0.15) is 5.48 Å². The molecule has 0 radical (unpaired) electrons. The highest BCUT2D eigenvalue weighted by Gasteiger charge is 2.40. The maximum absolute atomic E-state index is 12.1. The van der Waals surface area contributed by atoms with Crippen molar-refractivity contribution in [1.29, 1.82) is 0 Å². The van der Waals surface area contributed by atoms with Crippen LogP contribution in [0.15, 0.2) is 36.7 Å². The third-order valence-corrected chi connectivity index (χ3v) is 3.70. The highest BCUT2D eigenvalue weighted by atomic mass is 16.7. The van der Waals surface area contributed by atoms with E-state index >= 15 is 0 Å². The number of aromatic nitrogens is 3. The van der Waals surface area contributed by atoms with Gasteiger partial charge >= 0.3 is 0 Å². The number of carbonyl (C=O) groups is 1. The van der Waals surface area contributed by atoms with Crippen LogP contribution < -0.4 is 10.3 Å². The summed E-state index contributed by atoms with van der Waals surface area (Å²) in [4.78, 5) is 17.4. The summed E-state index contributed by atoms with van der Waals surface area (Å²) in [6.45, 7) is 0. The molecule has 20 heavy (non-hydrogen) atoms. The van der Waals surface area contributed by atoms with Crippen molar-refractivity contribution in [2.24, 2.45) is 13.0 Å². The zero-order valence-corrected chi connectivity index (χ0v) is 11.2. The monoisotopic (exact) mass is 272 g/mol. The summed E-state index contributed by atoms with van der Waals surface area (Å²) < 4.78 is 1.86. The minimum Gasteiger partial charge on any atom is -0.380 e. The standard InChI is InChI=1S/C14H16N4O2/c1-18-9-15-16-13(18)11-7-8-12(11)14(19)17-20-10-5-3-2-4-6-10/h2-6,9,11-12H,7-8H2,1H3,(H,17,19)/t11-,12+/m1/s1. The van der Waals surface area contributed by atoms with Crippen LogP contribution in [0.25, 0.3) is 0 Å². The Morgan fingerprint density at radius 1 is 1.35 bits per heavy atom. The number of aryl methyl sites for hydroxylation is 1. The van der Waals surface area contributed by atoms with E-state index in [1.165, 1.54) is 0 Å². The summed E-state index contributed by atoms with van der Waals surface area (Å²) in [6.07, 6.45) is 3.46. The summed E-state index contributed by atoms with van der Waals surface area (Å²) in [5.41, 5.74) is 2.52. The van der Waals surface area contributed by atoms with Gasteiger partial charge in [0.1, 0.15) is 12.2 Å². The van der Waals surface area contributed by atoms with E-state index in [0.717, 1.165) is 18.7 Å². The molecule has 2 aromatic rings. The molecule has 104 valence electrons. The predicted molar refractivity (Wildman–Crippen MR) is 71.7 cm³/mol. The SMILES string of the molecule is Cn1cnnc1[C@@H]1CC[C@@H]1C(=O)NOc1ccccc1. The topological polar surface area (TPSA) is 69.0 Å². The number of carbonyl (C=O) groups excluding carboxylic acids is 1. The van der Waals surface area contributed by atoms with Crippen LogP contribution >= 0.6 is 0 Å². The van der Waals surface area contributed by atoms with Crippen LogP contribution in [0.2, 0.25) is 0 Å². The summed E-state index contributed by atoms with van der Waals surface area (Å²) in [5, 5.41) is 7.94. The van der Waals surface area contributed by atoms with Crippen molar-refractivity contribution in [1.82, 2.24) is 20.2 Å². The number of rotatable bonds is 4. The molecule has 0 unspecified atom stereocenters. The Morgan fingerprint density at radius 2 is 2.15 bits per heavy atom. The molecule has 1 saturated carbocycles. The molecule has 1 heterocycles. The maximum Gasteiger partial charge on any atom is 0.256 e. The Balaban J connectivity index is 1.59. The lowest BCUT2D eigenvalue weighted by atomic mass is 9.72. The van der Waals surface area contributed by atoms with Gasteiger partial charge in [0, 0.05) is 13.0 Å². The number of benzene rings is 1. The molecule has 0 bridgehead atoms. The van der Waals surface area contributed by atoms with Crippen molar-refractivity contribution in [3.8, 4) is 5.75 Å². The van der Waals surface area contributed by atoms with Crippen molar-refractivity contribution in [2.45, 2.75) is 18.8 Å². The molecule has 0 spiro atoms. The van der Waals surface area contributed by atoms with E-state index in [4.69, 9.17) is 4.84 Å². The second-order valence-corrected chi connectivity index (χ2v) is 4.97. The Labute approximate surface area is 116 Å². The molecular weight excluding hydrogens is 256 g/mol. The number of hydroxylamine groups is 1. The largest absolute Gasteiger partial charge is 0.380 e. The van der Waals surface area contributed by atoms with Crippen LogP contribution in [0.3, 0.4) is 0 Å². The van der Waals surface area contributed by atoms with Gasteiger partial charge in [0.05, 0.1) is 5.92 Å². The summed E-state index contributed by atoms with van der Waals surface area (Å²) in [6, 6.07) is 9.19. The third kappa shape index (κ3) is 2.36. The van der Waals surface area contributed by atoms with E-state index in [1.807, 2.05) is 29.8 Å². The molecule has 1 aromatic carbocycles. The van der Waals surface area contributed by atoms with Crippen LogP contribution in [0.5, 0.6) is 5.75 Å². The fourth-order valence-corrected chi connectivity index (χ4v) is 2.42. The summed E-state index contributed by atoms with van der Waals surface area (Å²) in [7, 11) is 1.89. The maximum atomic E-state index is 12.1. The van der Waals surface area contributed by atoms with Gasteiger partial charge in [0.15, 0.2) is 5.75 Å². The molecule has 2 atom stereocenters. The summed E-state index contributed by atoms with van der Waals surface area (Å²) >= 11 is 0. The number of hydrogen-bond donors (Lipinski definition) is 1. The second kappa shape index (κ2) is 5.32. The minimum atomic E-state index is -0.104. The molecule has 1 amide bonds. The Bertz CT molecular complexity index is 596. The van der Waals surface area contributed by atoms with Gasteiger partial charge in [-0.25, -0.2) is 0 Å². The number of para-hydroxylation sites is 1. The van der Waals surface area contributed by atoms with Gasteiger partial charge in [-0.15, -0.1) is 10.2 Å². The highest BCUT2D eigenvalue weighted by Crippen LogP contribution is 2.41. The molecule has 1 aliphatic carbocycles. The van der Waals surface area contributed by atoms with E-state index in [9.17, 15) is 4.79 Å². The van der Waals surface area contributed by atoms with Gasteiger partial charge in [-0.05, 0) is 25.0 Å². The Morgan fingerprint density at radius 3 is 2.75 bits per heavy atom. The molecule has 6 heteroatoms. The lowest BCUT2D eigenvalue weighted by Crippen LogP contribution is -2.41. The van der Waals surface area contributed by atoms with E-state index in [1.54, 1.807) is 18.5 Å². The first-order valence-electron chi connectivity index (χ1n) is 6.61. The molecule has 0 saturated heterocycles. The van der Waals surface area contributed by atoms with Gasteiger partial charge in [-0.3, -0.25) is 4.79 Å². The Hall–Kier alpha value is -2.37. The van der Waals surface area contributed by atoms with E-state index in [0.29, 0.717) is 5.75 Å². The van der Waals surface area contributed by atoms with Gasteiger partial charge in [0.2, 0.25) is 0 Å². The van der Waals surface area contributed by atoms with E-state index in [2.05, 4.69) is 15.7 Å². The predicted octanol–water partition coefficient (Wildman–Crippen LogP) is 1.42. The molecule has 1 N–H and O–H groups in total. The van der Waals surface area contributed by atoms with Crippen molar-refractivity contribution < 1.29 is 9.63 Å². The van der Waals surface area contributed by atoms with Crippen molar-refractivity contribution >= 4 is 5.91 Å². The first-order chi connectivity index (χ1) is 9.75. The highest BCUT2D eigenvalue weighted by molar-refractivity contribution is 5.79. The van der Waals surface area contributed by atoms with E-state index < -0.39 is 0 Å². The van der Waals surface area contributed by atoms with Gasteiger partial charge < -0.3 is 9.40 Å². The molecule has 3 rings (SSSR count). The smallest absolute Gasteiger partial charge is 0.256 e. The average Bonchev–Trinajstić information content (AvgIpc) is 2.83.